The van der Waals surface area contributed by atoms with Crippen molar-refractivity contribution in [3.05, 3.63) is 65.1 Å². The third-order valence-corrected chi connectivity index (χ3v) is 5.74. The number of nitrogens with zero attached hydrogens (tertiary/aromatic N) is 2. The van der Waals surface area contributed by atoms with Crippen molar-refractivity contribution in [3.8, 4) is 0 Å². The summed E-state index contributed by atoms with van der Waals surface area (Å²) in [6.45, 7) is 0.970. The Morgan fingerprint density at radius 1 is 1.16 bits per heavy atom. The summed E-state index contributed by atoms with van der Waals surface area (Å²) in [5, 5.41) is 7.51. The Morgan fingerprint density at radius 3 is 2.87 bits per heavy atom. The molecule has 0 saturated heterocycles. The summed E-state index contributed by atoms with van der Waals surface area (Å²) in [4.78, 5) is 42.9. The Morgan fingerprint density at radius 2 is 2.03 bits per heavy atom. The molecule has 3 amide bonds. The number of hydrogen-bond donors (Lipinski definition) is 2. The Kier molecular flexibility index (Phi) is 6.42. The average Bonchev–Trinajstić information content (AvgIpc) is 3.46. The molecule has 0 radical (unpaired) electrons. The molecule has 0 fully saturated rings. The normalized spacial score (nSPS) is 12.8. The van der Waals surface area contributed by atoms with Gasteiger partial charge in [-0.2, -0.15) is 0 Å². The number of para-hydroxylation sites is 1. The largest absolute Gasteiger partial charge is 0.459 e. The fraction of sp³-hybridized carbons (Fsp3) is 0.273. The summed E-state index contributed by atoms with van der Waals surface area (Å²) in [5.74, 6) is -0.422. The zero-order chi connectivity index (χ0) is 21.6. The third-order valence-electron chi connectivity index (χ3n) is 4.93. The number of aryl methyl sites for hydroxylation is 1. The van der Waals surface area contributed by atoms with Crippen LogP contribution in [0.4, 0.5) is 10.8 Å². The van der Waals surface area contributed by atoms with Gasteiger partial charge in [-0.3, -0.25) is 19.7 Å². The summed E-state index contributed by atoms with van der Waals surface area (Å²) in [7, 11) is 0. The molecule has 0 atom stereocenters. The van der Waals surface area contributed by atoms with Crippen LogP contribution < -0.4 is 15.5 Å². The number of carbonyl (C=O) groups is 3. The molecular weight excluding hydrogens is 416 g/mol. The molecule has 160 valence electrons. The maximum absolute atomic E-state index is 12.6. The molecule has 0 spiro atoms. The number of aromatic nitrogens is 1. The van der Waals surface area contributed by atoms with Crippen LogP contribution >= 0.6 is 11.3 Å². The van der Waals surface area contributed by atoms with E-state index in [-0.39, 0.29) is 37.0 Å². The van der Waals surface area contributed by atoms with Crippen LogP contribution in [0.25, 0.3) is 0 Å². The molecular formula is C22H22N4O4S. The highest BCUT2D eigenvalue weighted by Crippen LogP contribution is 2.27. The topological polar surface area (TPSA) is 105 Å². The number of rotatable bonds is 7. The van der Waals surface area contributed by atoms with Crippen molar-refractivity contribution < 1.29 is 18.8 Å². The molecule has 1 aliphatic rings. The molecule has 8 nitrogen and oxygen atoms in total. The fourth-order valence-electron chi connectivity index (χ4n) is 3.48. The summed E-state index contributed by atoms with van der Waals surface area (Å²) < 4.78 is 5.04. The van der Waals surface area contributed by atoms with Gasteiger partial charge in [-0.25, -0.2) is 4.98 Å². The maximum atomic E-state index is 12.6. The van der Waals surface area contributed by atoms with Gasteiger partial charge in [-0.1, -0.05) is 18.2 Å². The Bertz CT molecular complexity index is 1080. The summed E-state index contributed by atoms with van der Waals surface area (Å²) in [5.41, 5.74) is 2.70. The number of benzene rings is 1. The van der Waals surface area contributed by atoms with Gasteiger partial charge in [0.25, 0.3) is 5.91 Å². The highest BCUT2D eigenvalue weighted by molar-refractivity contribution is 7.14. The quantitative estimate of drug-likeness (QED) is 0.590. The Balaban J connectivity index is 1.23. The monoisotopic (exact) mass is 438 g/mol. The van der Waals surface area contributed by atoms with E-state index >= 15 is 0 Å². The predicted octanol–water partition coefficient (Wildman–Crippen LogP) is 3.02. The second kappa shape index (κ2) is 9.57. The number of fused-ring (bicyclic) bond motifs is 1. The molecule has 3 aromatic rings. The van der Waals surface area contributed by atoms with E-state index in [9.17, 15) is 14.4 Å². The molecule has 3 heterocycles. The van der Waals surface area contributed by atoms with Crippen LogP contribution in [-0.4, -0.2) is 35.8 Å². The minimum Gasteiger partial charge on any atom is -0.459 e. The first-order valence-corrected chi connectivity index (χ1v) is 10.9. The van der Waals surface area contributed by atoms with Gasteiger partial charge in [0.05, 0.1) is 18.4 Å². The minimum atomic E-state index is -0.395. The standard InChI is InChI=1S/C22H22N4O4S/c27-19(13-16-14-31-22(24-16)25-21(29)18-8-4-12-30-18)23-10-9-20(28)26-11-3-6-15-5-1-2-7-17(15)26/h1-2,4-5,7-8,12,14H,3,6,9-11,13H2,(H,23,27)(H,24,25,29). The number of thiazole rings is 1. The fourth-order valence-corrected chi connectivity index (χ4v) is 4.18. The van der Waals surface area contributed by atoms with Crippen molar-refractivity contribution in [2.24, 2.45) is 0 Å². The Hall–Kier alpha value is -3.46. The highest BCUT2D eigenvalue weighted by atomic mass is 32.1. The van der Waals surface area contributed by atoms with Crippen LogP contribution in [0, 0.1) is 0 Å². The van der Waals surface area contributed by atoms with Crippen molar-refractivity contribution >= 4 is 39.9 Å². The zero-order valence-electron chi connectivity index (χ0n) is 16.8. The second-order valence-electron chi connectivity index (χ2n) is 7.13. The van der Waals surface area contributed by atoms with Crippen molar-refractivity contribution in [2.45, 2.75) is 25.7 Å². The van der Waals surface area contributed by atoms with Crippen LogP contribution in [0.3, 0.4) is 0 Å². The second-order valence-corrected chi connectivity index (χ2v) is 7.99. The minimum absolute atomic E-state index is 0.00373. The molecule has 2 N–H and O–H groups in total. The van der Waals surface area contributed by atoms with Crippen LogP contribution in [0.1, 0.15) is 34.7 Å². The molecule has 2 aromatic heterocycles. The molecule has 0 unspecified atom stereocenters. The van der Waals surface area contributed by atoms with Gasteiger partial charge in [0.1, 0.15) is 0 Å². The molecule has 0 saturated carbocycles. The van der Waals surface area contributed by atoms with Gasteiger partial charge in [-0.05, 0) is 36.6 Å². The van der Waals surface area contributed by atoms with E-state index in [1.807, 2.05) is 18.2 Å². The van der Waals surface area contributed by atoms with Gasteiger partial charge in [0.15, 0.2) is 10.9 Å². The summed E-state index contributed by atoms with van der Waals surface area (Å²) in [6.07, 6.45) is 3.66. The lowest BCUT2D eigenvalue weighted by atomic mass is 10.0. The first-order valence-electron chi connectivity index (χ1n) is 10.0. The third kappa shape index (κ3) is 5.18. The van der Waals surface area contributed by atoms with Crippen molar-refractivity contribution in [3.63, 3.8) is 0 Å². The number of furan rings is 1. The zero-order valence-corrected chi connectivity index (χ0v) is 17.6. The van der Waals surface area contributed by atoms with E-state index < -0.39 is 5.91 Å². The summed E-state index contributed by atoms with van der Waals surface area (Å²) in [6, 6.07) is 11.1. The highest BCUT2D eigenvalue weighted by Gasteiger charge is 2.21. The molecule has 1 aromatic carbocycles. The number of hydrogen-bond acceptors (Lipinski definition) is 6. The van der Waals surface area contributed by atoms with E-state index in [2.05, 4.69) is 21.7 Å². The average molecular weight is 439 g/mol. The molecule has 1 aliphatic heterocycles. The van der Waals surface area contributed by atoms with E-state index in [0.717, 1.165) is 18.5 Å². The lowest BCUT2D eigenvalue weighted by molar-refractivity contribution is -0.121. The van der Waals surface area contributed by atoms with Gasteiger partial charge in [0.2, 0.25) is 11.8 Å². The van der Waals surface area contributed by atoms with Crippen molar-refractivity contribution in [1.29, 1.82) is 0 Å². The molecule has 4 rings (SSSR count). The van der Waals surface area contributed by atoms with Crippen molar-refractivity contribution in [1.82, 2.24) is 10.3 Å². The number of nitrogens with one attached hydrogen (secondary N) is 2. The molecule has 0 bridgehead atoms. The van der Waals surface area contributed by atoms with E-state index in [4.69, 9.17) is 4.42 Å². The van der Waals surface area contributed by atoms with E-state index in [1.165, 1.54) is 23.2 Å². The van der Waals surface area contributed by atoms with Crippen LogP contribution in [-0.2, 0) is 22.4 Å². The number of carbonyl (C=O) groups excluding carboxylic acids is 3. The molecule has 0 aliphatic carbocycles. The van der Waals surface area contributed by atoms with Crippen LogP contribution in [0.2, 0.25) is 0 Å². The van der Waals surface area contributed by atoms with Gasteiger partial charge in [0, 0.05) is 30.6 Å². The number of amides is 3. The molecule has 31 heavy (non-hydrogen) atoms. The number of anilines is 2. The first kappa shape index (κ1) is 20.8. The van der Waals surface area contributed by atoms with Gasteiger partial charge >= 0.3 is 0 Å². The molecule has 9 heteroatoms. The Labute approximate surface area is 183 Å². The van der Waals surface area contributed by atoms with E-state index in [0.29, 0.717) is 17.4 Å². The lowest BCUT2D eigenvalue weighted by Gasteiger charge is -2.29. The SMILES string of the molecule is O=C(Cc1csc(NC(=O)c2ccco2)n1)NCCC(=O)N1CCCc2ccccc21. The maximum Gasteiger partial charge on any atom is 0.293 e. The van der Waals surface area contributed by atoms with Crippen LogP contribution in [0.15, 0.2) is 52.5 Å². The predicted molar refractivity (Wildman–Crippen MR) is 117 cm³/mol. The van der Waals surface area contributed by atoms with Gasteiger partial charge < -0.3 is 14.6 Å². The van der Waals surface area contributed by atoms with Crippen LogP contribution in [0.5, 0.6) is 0 Å². The van der Waals surface area contributed by atoms with Gasteiger partial charge in [-0.15, -0.1) is 11.3 Å². The van der Waals surface area contributed by atoms with E-state index in [1.54, 1.807) is 22.4 Å². The first-order chi connectivity index (χ1) is 15.1. The van der Waals surface area contributed by atoms with Crippen molar-refractivity contribution in [2.75, 3.05) is 23.3 Å². The lowest BCUT2D eigenvalue weighted by Crippen LogP contribution is -2.38. The summed E-state index contributed by atoms with van der Waals surface area (Å²) >= 11 is 1.23. The smallest absolute Gasteiger partial charge is 0.293 e.